The lowest BCUT2D eigenvalue weighted by atomic mass is 10.0. The lowest BCUT2D eigenvalue weighted by Crippen LogP contribution is -2.08. The molecule has 0 aliphatic heterocycles. The Morgan fingerprint density at radius 3 is 2.35 bits per heavy atom. The summed E-state index contributed by atoms with van der Waals surface area (Å²) in [5.41, 5.74) is 4.65. The lowest BCUT2D eigenvalue weighted by molar-refractivity contribution is 0.0498. The molecule has 5 rings (SSSR count). The zero-order chi connectivity index (χ0) is 30.0. The molecule has 43 heavy (non-hydrogen) atoms. The summed E-state index contributed by atoms with van der Waals surface area (Å²) in [5, 5.41) is 19.1. The molecule has 0 aliphatic carbocycles. The number of carbonyl (C=O) groups is 1. The Morgan fingerprint density at radius 2 is 1.65 bits per heavy atom. The Labute approximate surface area is 259 Å². The van der Waals surface area contributed by atoms with Crippen molar-refractivity contribution in [2.75, 3.05) is 18.6 Å². The number of nitriles is 1. The Kier molecular flexibility index (Phi) is 10.1. The second kappa shape index (κ2) is 14.5. The molecule has 0 fully saturated rings. The molecule has 0 bridgehead atoms. The molecule has 0 saturated heterocycles. The minimum atomic E-state index is -0.337. The van der Waals surface area contributed by atoms with E-state index >= 15 is 0 Å². The van der Waals surface area contributed by atoms with Crippen molar-refractivity contribution in [3.63, 3.8) is 0 Å². The van der Waals surface area contributed by atoms with E-state index in [0.29, 0.717) is 22.9 Å². The van der Waals surface area contributed by atoms with Crippen molar-refractivity contribution in [1.82, 2.24) is 4.98 Å². The summed E-state index contributed by atoms with van der Waals surface area (Å²) in [6, 6.07) is 29.3. The molecule has 5 aromatic rings. The molecule has 7 nitrogen and oxygen atoms in total. The molecular formula is C34H31N5O2S2. The second-order valence-electron chi connectivity index (χ2n) is 9.87. The third kappa shape index (κ3) is 7.80. The number of fused-ring (bicyclic) bond motifs is 1. The standard InChI is InChI=1S/C34H31N5O2S2/c1-3-4-5-9-20-41-33(40)25-14-12-24(13-15-25)26(23-35)21-30-22-31-32(42-30)36-34(43-31)38-37-27-16-18-29(19-17-27)39(2)28-10-7-6-8-11-28/h6-8,10-19,21-22H,3-5,9,20H2,1-2H3/b26-21+,38-37?. The first-order valence-corrected chi connectivity index (χ1v) is 15.8. The van der Waals surface area contributed by atoms with Gasteiger partial charge in [0.2, 0.25) is 5.13 Å². The van der Waals surface area contributed by atoms with Crippen LogP contribution in [0, 0.1) is 11.3 Å². The third-order valence-corrected chi connectivity index (χ3v) is 8.79. The van der Waals surface area contributed by atoms with Gasteiger partial charge in [0.25, 0.3) is 0 Å². The Bertz CT molecular complexity index is 1730. The van der Waals surface area contributed by atoms with E-state index < -0.39 is 0 Å². The zero-order valence-corrected chi connectivity index (χ0v) is 25.7. The molecule has 0 saturated carbocycles. The van der Waals surface area contributed by atoms with Crippen LogP contribution >= 0.6 is 22.7 Å². The van der Waals surface area contributed by atoms with Crippen molar-refractivity contribution in [3.05, 3.63) is 101 Å². The van der Waals surface area contributed by atoms with E-state index in [1.165, 1.54) is 22.7 Å². The number of carbonyl (C=O) groups excluding carboxylic acids is 1. The highest BCUT2D eigenvalue weighted by Crippen LogP contribution is 2.36. The molecule has 2 heterocycles. The number of thiophene rings is 1. The SMILES string of the molecule is CCCCCCOC(=O)c1ccc(/C(C#N)=C/c2cc3sc(N=Nc4ccc(N(C)c5ccccc5)cc4)nc3s2)cc1. The smallest absolute Gasteiger partial charge is 0.338 e. The number of benzene rings is 3. The Hall–Kier alpha value is -4.65. The number of aromatic nitrogens is 1. The number of azo groups is 1. The topological polar surface area (TPSA) is 90.9 Å². The third-order valence-electron chi connectivity index (χ3n) is 6.80. The Balaban J connectivity index is 1.21. The van der Waals surface area contributed by atoms with Crippen LogP contribution in [0.2, 0.25) is 0 Å². The highest BCUT2D eigenvalue weighted by atomic mass is 32.1. The number of rotatable bonds is 12. The molecule has 2 aromatic heterocycles. The average molecular weight is 606 g/mol. The molecule has 0 atom stereocenters. The van der Waals surface area contributed by atoms with Crippen LogP contribution in [-0.4, -0.2) is 24.6 Å². The lowest BCUT2D eigenvalue weighted by Gasteiger charge is -2.19. The summed E-state index contributed by atoms with van der Waals surface area (Å²) in [6.07, 6.45) is 6.06. The van der Waals surface area contributed by atoms with Crippen molar-refractivity contribution in [2.24, 2.45) is 10.2 Å². The number of esters is 1. The van der Waals surface area contributed by atoms with Gasteiger partial charge in [-0.1, -0.05) is 67.9 Å². The number of thiazole rings is 1. The van der Waals surface area contributed by atoms with Crippen LogP contribution in [0.3, 0.4) is 0 Å². The number of hydrogen-bond donors (Lipinski definition) is 0. The molecule has 0 radical (unpaired) electrons. The maximum absolute atomic E-state index is 12.3. The van der Waals surface area contributed by atoms with E-state index in [1.807, 2.05) is 61.7 Å². The fourth-order valence-corrected chi connectivity index (χ4v) is 6.37. The predicted octanol–water partition coefficient (Wildman–Crippen LogP) is 10.3. The maximum Gasteiger partial charge on any atom is 0.338 e. The highest BCUT2D eigenvalue weighted by molar-refractivity contribution is 7.29. The van der Waals surface area contributed by atoms with Crippen LogP contribution in [0.25, 0.3) is 21.2 Å². The second-order valence-corrected chi connectivity index (χ2v) is 11.9. The normalized spacial score (nSPS) is 11.6. The first-order chi connectivity index (χ1) is 21.0. The van der Waals surface area contributed by atoms with Gasteiger partial charge in [0, 0.05) is 23.3 Å². The molecule has 0 unspecified atom stereocenters. The van der Waals surface area contributed by atoms with Crippen molar-refractivity contribution in [3.8, 4) is 6.07 Å². The minimum Gasteiger partial charge on any atom is -0.462 e. The first kappa shape index (κ1) is 29.8. The number of unbranched alkanes of at least 4 members (excludes halogenated alkanes) is 3. The first-order valence-electron chi connectivity index (χ1n) is 14.1. The van der Waals surface area contributed by atoms with Gasteiger partial charge >= 0.3 is 5.97 Å². The van der Waals surface area contributed by atoms with Gasteiger partial charge in [-0.25, -0.2) is 9.78 Å². The van der Waals surface area contributed by atoms with Gasteiger partial charge in [-0.2, -0.15) is 5.26 Å². The monoisotopic (exact) mass is 605 g/mol. The summed E-state index contributed by atoms with van der Waals surface area (Å²) in [5.74, 6) is -0.337. The van der Waals surface area contributed by atoms with Gasteiger partial charge in [-0.15, -0.1) is 21.6 Å². The summed E-state index contributed by atoms with van der Waals surface area (Å²) in [4.78, 5) is 20.8. The van der Waals surface area contributed by atoms with Crippen molar-refractivity contribution in [1.29, 1.82) is 5.26 Å². The minimum absolute atomic E-state index is 0.337. The number of allylic oxidation sites excluding steroid dienone is 1. The zero-order valence-electron chi connectivity index (χ0n) is 24.1. The van der Waals surface area contributed by atoms with Gasteiger partial charge in [0.05, 0.1) is 34.2 Å². The average Bonchev–Trinajstić information content (AvgIpc) is 3.61. The number of anilines is 2. The number of para-hydroxylation sites is 1. The molecule has 0 amide bonds. The van der Waals surface area contributed by atoms with E-state index in [0.717, 1.165) is 62.7 Å². The van der Waals surface area contributed by atoms with Crippen LogP contribution in [0.15, 0.2) is 95.2 Å². The summed E-state index contributed by atoms with van der Waals surface area (Å²) < 4.78 is 6.35. The summed E-state index contributed by atoms with van der Waals surface area (Å²) in [6.45, 7) is 2.57. The van der Waals surface area contributed by atoms with Crippen molar-refractivity contribution in [2.45, 2.75) is 32.6 Å². The van der Waals surface area contributed by atoms with E-state index in [4.69, 9.17) is 4.74 Å². The number of hydrogen-bond acceptors (Lipinski definition) is 9. The predicted molar refractivity (Wildman–Crippen MR) is 177 cm³/mol. The van der Waals surface area contributed by atoms with Gasteiger partial charge in [0.15, 0.2) is 0 Å². The molecular weight excluding hydrogens is 575 g/mol. The molecule has 3 aromatic carbocycles. The van der Waals surface area contributed by atoms with Gasteiger partial charge in [0.1, 0.15) is 4.83 Å². The van der Waals surface area contributed by atoms with Gasteiger partial charge in [-0.05, 0) is 72.7 Å². The molecule has 216 valence electrons. The van der Waals surface area contributed by atoms with Gasteiger partial charge in [-0.3, -0.25) is 0 Å². The quantitative estimate of drug-likeness (QED) is 0.0611. The van der Waals surface area contributed by atoms with E-state index in [1.54, 1.807) is 24.3 Å². The van der Waals surface area contributed by atoms with E-state index in [-0.39, 0.29) is 5.97 Å². The molecule has 0 spiro atoms. The number of ether oxygens (including phenoxy) is 1. The van der Waals surface area contributed by atoms with Crippen LogP contribution in [-0.2, 0) is 4.74 Å². The van der Waals surface area contributed by atoms with Crippen LogP contribution < -0.4 is 4.90 Å². The van der Waals surface area contributed by atoms with E-state index in [2.05, 4.69) is 45.2 Å². The Morgan fingerprint density at radius 1 is 0.930 bits per heavy atom. The van der Waals surface area contributed by atoms with Crippen molar-refractivity contribution >= 4 is 72.0 Å². The molecule has 9 heteroatoms. The van der Waals surface area contributed by atoms with Gasteiger partial charge < -0.3 is 9.64 Å². The summed E-state index contributed by atoms with van der Waals surface area (Å²) in [7, 11) is 2.03. The molecule has 0 aliphatic rings. The fraction of sp³-hybridized carbons (Fsp3) is 0.206. The maximum atomic E-state index is 12.3. The summed E-state index contributed by atoms with van der Waals surface area (Å²) >= 11 is 2.95. The van der Waals surface area contributed by atoms with Crippen LogP contribution in [0.4, 0.5) is 22.2 Å². The van der Waals surface area contributed by atoms with Crippen LogP contribution in [0.5, 0.6) is 0 Å². The van der Waals surface area contributed by atoms with E-state index in [9.17, 15) is 10.1 Å². The fourth-order valence-electron chi connectivity index (χ4n) is 4.38. The highest BCUT2D eigenvalue weighted by Gasteiger charge is 2.11. The largest absolute Gasteiger partial charge is 0.462 e. The van der Waals surface area contributed by atoms with Crippen molar-refractivity contribution < 1.29 is 9.53 Å². The van der Waals surface area contributed by atoms with Crippen LogP contribution in [0.1, 0.15) is 53.4 Å². The molecule has 0 N–H and O–H groups in total. The number of nitrogens with zero attached hydrogens (tertiary/aromatic N) is 5.